The third kappa shape index (κ3) is 3.59. The van der Waals surface area contributed by atoms with E-state index in [9.17, 15) is 4.79 Å². The molecule has 5 nitrogen and oxygen atoms in total. The second kappa shape index (κ2) is 7.49. The summed E-state index contributed by atoms with van der Waals surface area (Å²) in [6.07, 6.45) is 4.78. The van der Waals surface area contributed by atoms with Gasteiger partial charge in [-0.05, 0) is 49.6 Å². The van der Waals surface area contributed by atoms with Gasteiger partial charge in [-0.3, -0.25) is 9.20 Å². The monoisotopic (exact) mass is 340 g/mol. The normalized spacial score (nSPS) is 12.2. The molecule has 1 aromatic carbocycles. The number of nitrogens with zero attached hydrogens (tertiary/aromatic N) is 3. The van der Waals surface area contributed by atoms with Crippen molar-refractivity contribution in [2.75, 3.05) is 12.0 Å². The molecule has 24 heavy (non-hydrogen) atoms. The number of fused-ring (bicyclic) bond motifs is 1. The first-order valence-corrected chi connectivity index (χ1v) is 9.24. The van der Waals surface area contributed by atoms with Gasteiger partial charge in [-0.25, -0.2) is 0 Å². The second-order valence-corrected chi connectivity index (χ2v) is 6.65. The minimum atomic E-state index is -0.178. The molecule has 1 amide bonds. The molecule has 0 radical (unpaired) electrons. The predicted octanol–water partition coefficient (Wildman–Crippen LogP) is 3.26. The second-order valence-electron chi connectivity index (χ2n) is 5.66. The lowest BCUT2D eigenvalue weighted by molar-refractivity contribution is 0.0933. The van der Waals surface area contributed by atoms with Gasteiger partial charge in [0.2, 0.25) is 0 Å². The van der Waals surface area contributed by atoms with Crippen molar-refractivity contribution < 1.29 is 4.79 Å². The van der Waals surface area contributed by atoms with E-state index in [1.54, 1.807) is 11.8 Å². The third-order valence-electron chi connectivity index (χ3n) is 3.85. The van der Waals surface area contributed by atoms with Gasteiger partial charge >= 0.3 is 0 Å². The Morgan fingerprint density at radius 1 is 1.25 bits per heavy atom. The van der Waals surface area contributed by atoms with Gasteiger partial charge in [-0.1, -0.05) is 23.8 Å². The predicted molar refractivity (Wildman–Crippen MR) is 97.4 cm³/mol. The van der Waals surface area contributed by atoms with Crippen LogP contribution in [0.15, 0.2) is 48.7 Å². The number of aryl methyl sites for hydroxylation is 1. The Labute approximate surface area is 145 Å². The number of carbonyl (C=O) groups excluding carboxylic acids is 1. The number of nitrogens with one attached hydrogen (secondary N) is 1. The number of rotatable bonds is 6. The molecule has 0 saturated carbocycles. The third-order valence-corrected chi connectivity index (χ3v) is 4.49. The van der Waals surface area contributed by atoms with Gasteiger partial charge in [0, 0.05) is 11.8 Å². The van der Waals surface area contributed by atoms with Crippen molar-refractivity contribution in [2.45, 2.75) is 19.4 Å². The van der Waals surface area contributed by atoms with Crippen LogP contribution in [0.1, 0.15) is 34.2 Å². The fraction of sp³-hybridized carbons (Fsp3) is 0.278. The number of benzene rings is 1. The molecule has 0 saturated heterocycles. The Morgan fingerprint density at radius 2 is 2.12 bits per heavy atom. The van der Waals surface area contributed by atoms with Crippen LogP contribution < -0.4 is 5.32 Å². The highest BCUT2D eigenvalue weighted by atomic mass is 32.2. The molecule has 3 aromatic rings. The standard InChI is InChI=1S/C18H20N4OS/c1-13-6-5-7-14(12-13)18(23)19-15(9-11-24-2)17-21-20-16-8-3-4-10-22(16)17/h3-8,10,12,15H,9,11H2,1-2H3,(H,19,23). The van der Waals surface area contributed by atoms with Gasteiger partial charge in [0.25, 0.3) is 5.91 Å². The summed E-state index contributed by atoms with van der Waals surface area (Å²) in [5, 5.41) is 11.6. The Morgan fingerprint density at radius 3 is 2.92 bits per heavy atom. The zero-order chi connectivity index (χ0) is 16.9. The molecule has 0 aliphatic heterocycles. The summed E-state index contributed by atoms with van der Waals surface area (Å²) in [6, 6.07) is 13.2. The Bertz CT molecular complexity index is 846. The first kappa shape index (κ1) is 16.5. The van der Waals surface area contributed by atoms with Crippen molar-refractivity contribution in [2.24, 2.45) is 0 Å². The molecule has 124 valence electrons. The smallest absolute Gasteiger partial charge is 0.251 e. The van der Waals surface area contributed by atoms with Crippen LogP contribution in [-0.2, 0) is 0 Å². The molecule has 1 unspecified atom stereocenters. The van der Waals surface area contributed by atoms with Gasteiger partial charge in [0.05, 0.1) is 6.04 Å². The van der Waals surface area contributed by atoms with Gasteiger partial charge in [-0.2, -0.15) is 11.8 Å². The lowest BCUT2D eigenvalue weighted by Gasteiger charge is -2.17. The van der Waals surface area contributed by atoms with Gasteiger partial charge in [0.15, 0.2) is 11.5 Å². The summed E-state index contributed by atoms with van der Waals surface area (Å²) in [6.45, 7) is 1.98. The Hall–Kier alpha value is -2.34. The van der Waals surface area contributed by atoms with E-state index < -0.39 is 0 Å². The molecule has 1 atom stereocenters. The molecule has 0 spiro atoms. The number of hydrogen-bond donors (Lipinski definition) is 1. The van der Waals surface area contributed by atoms with E-state index >= 15 is 0 Å². The zero-order valence-electron chi connectivity index (χ0n) is 13.8. The van der Waals surface area contributed by atoms with E-state index in [1.165, 1.54) is 0 Å². The lowest BCUT2D eigenvalue weighted by atomic mass is 10.1. The van der Waals surface area contributed by atoms with Crippen LogP contribution in [0.5, 0.6) is 0 Å². The molecule has 2 heterocycles. The summed E-state index contributed by atoms with van der Waals surface area (Å²) in [5.41, 5.74) is 2.51. The highest BCUT2D eigenvalue weighted by Gasteiger charge is 2.20. The zero-order valence-corrected chi connectivity index (χ0v) is 14.6. The number of carbonyl (C=O) groups is 1. The molecule has 2 aromatic heterocycles. The summed E-state index contributed by atoms with van der Waals surface area (Å²) in [5.74, 6) is 1.61. The van der Waals surface area contributed by atoms with Crippen molar-refractivity contribution >= 4 is 23.3 Å². The minimum Gasteiger partial charge on any atom is -0.342 e. The van der Waals surface area contributed by atoms with Crippen LogP contribution in [0, 0.1) is 6.92 Å². The van der Waals surface area contributed by atoms with Crippen LogP contribution in [-0.4, -0.2) is 32.5 Å². The van der Waals surface area contributed by atoms with Gasteiger partial charge in [0.1, 0.15) is 0 Å². The van der Waals surface area contributed by atoms with E-state index in [0.29, 0.717) is 5.56 Å². The first-order valence-electron chi connectivity index (χ1n) is 7.85. The molecular formula is C18H20N4OS. The van der Waals surface area contributed by atoms with Gasteiger partial charge in [-0.15, -0.1) is 10.2 Å². The molecule has 0 aliphatic rings. The van der Waals surface area contributed by atoms with Crippen molar-refractivity contribution in [3.05, 3.63) is 65.6 Å². The maximum atomic E-state index is 12.6. The van der Waals surface area contributed by atoms with E-state index in [4.69, 9.17) is 0 Å². The Balaban J connectivity index is 1.88. The van der Waals surface area contributed by atoms with Crippen LogP contribution in [0.25, 0.3) is 5.65 Å². The molecule has 0 fully saturated rings. The average Bonchev–Trinajstić information content (AvgIpc) is 3.02. The SMILES string of the molecule is CSCCC(NC(=O)c1cccc(C)c1)c1nnc2ccccn12. The van der Waals surface area contributed by atoms with Crippen LogP contribution >= 0.6 is 11.8 Å². The topological polar surface area (TPSA) is 59.3 Å². The van der Waals surface area contributed by atoms with E-state index in [-0.39, 0.29) is 11.9 Å². The van der Waals surface area contributed by atoms with Gasteiger partial charge < -0.3 is 5.32 Å². The van der Waals surface area contributed by atoms with Crippen LogP contribution in [0.4, 0.5) is 0 Å². The maximum Gasteiger partial charge on any atom is 0.251 e. The number of pyridine rings is 1. The summed E-state index contributed by atoms with van der Waals surface area (Å²) < 4.78 is 1.93. The highest BCUT2D eigenvalue weighted by molar-refractivity contribution is 7.98. The van der Waals surface area contributed by atoms with Crippen LogP contribution in [0.2, 0.25) is 0 Å². The summed E-state index contributed by atoms with van der Waals surface area (Å²) in [7, 11) is 0. The molecule has 1 N–H and O–H groups in total. The fourth-order valence-electron chi connectivity index (χ4n) is 2.63. The maximum absolute atomic E-state index is 12.6. The molecule has 0 aliphatic carbocycles. The largest absolute Gasteiger partial charge is 0.342 e. The van der Waals surface area contributed by atoms with Crippen molar-refractivity contribution in [3.8, 4) is 0 Å². The lowest BCUT2D eigenvalue weighted by Crippen LogP contribution is -2.30. The van der Waals surface area contributed by atoms with Crippen molar-refractivity contribution in [3.63, 3.8) is 0 Å². The fourth-order valence-corrected chi connectivity index (χ4v) is 3.10. The van der Waals surface area contributed by atoms with Crippen molar-refractivity contribution in [1.82, 2.24) is 19.9 Å². The number of hydrogen-bond acceptors (Lipinski definition) is 4. The van der Waals surface area contributed by atoms with E-state index in [1.807, 2.05) is 60.0 Å². The summed E-state index contributed by atoms with van der Waals surface area (Å²) in [4.78, 5) is 12.6. The molecule has 6 heteroatoms. The average molecular weight is 340 g/mol. The number of thioether (sulfide) groups is 1. The number of aromatic nitrogens is 3. The first-order chi connectivity index (χ1) is 11.7. The highest BCUT2D eigenvalue weighted by Crippen LogP contribution is 2.19. The van der Waals surface area contributed by atoms with E-state index in [2.05, 4.69) is 21.8 Å². The molecule has 3 rings (SSSR count). The molecular weight excluding hydrogens is 320 g/mol. The summed E-state index contributed by atoms with van der Waals surface area (Å²) >= 11 is 1.75. The van der Waals surface area contributed by atoms with Crippen molar-refractivity contribution in [1.29, 1.82) is 0 Å². The minimum absolute atomic E-state index is 0.0857. The van der Waals surface area contributed by atoms with Crippen LogP contribution in [0.3, 0.4) is 0 Å². The van der Waals surface area contributed by atoms with E-state index in [0.717, 1.165) is 29.2 Å². The quantitative estimate of drug-likeness (QED) is 0.748. The molecule has 0 bridgehead atoms. The Kier molecular flexibility index (Phi) is 5.15. The number of amides is 1.